The van der Waals surface area contributed by atoms with Crippen LogP contribution in [0, 0.1) is 11.3 Å². The molecule has 0 radical (unpaired) electrons. The summed E-state index contributed by atoms with van der Waals surface area (Å²) >= 11 is 1.41. The predicted molar refractivity (Wildman–Crippen MR) is 120 cm³/mol. The average Bonchev–Trinajstić information content (AvgIpc) is 3.18. The molecule has 0 bridgehead atoms. The number of amidine groups is 2. The molecule has 1 aromatic carbocycles. The topological polar surface area (TPSA) is 87.3 Å². The monoisotopic (exact) mass is 426 g/mol. The zero-order valence-corrected chi connectivity index (χ0v) is 18.1. The zero-order chi connectivity index (χ0) is 21.1. The fraction of sp³-hybridized carbons (Fsp3) is 0.455. The summed E-state index contributed by atoms with van der Waals surface area (Å²) in [6.07, 6.45) is 10.2. The van der Waals surface area contributed by atoms with Gasteiger partial charge in [-0.3, -0.25) is 10.2 Å². The third-order valence-corrected chi connectivity index (χ3v) is 6.67. The summed E-state index contributed by atoms with van der Waals surface area (Å²) < 4.78 is 10.6. The van der Waals surface area contributed by atoms with Crippen molar-refractivity contribution in [3.05, 3.63) is 29.3 Å². The summed E-state index contributed by atoms with van der Waals surface area (Å²) in [7, 11) is 3.13. The smallest absolute Gasteiger partial charge is 0.283 e. The maximum atomic E-state index is 12.6. The van der Waals surface area contributed by atoms with Crippen molar-refractivity contribution < 1.29 is 14.3 Å². The van der Waals surface area contributed by atoms with Crippen molar-refractivity contribution in [2.75, 3.05) is 14.2 Å². The molecule has 4 rings (SSSR count). The maximum absolute atomic E-state index is 12.6. The lowest BCUT2D eigenvalue weighted by Gasteiger charge is -2.20. The van der Waals surface area contributed by atoms with E-state index in [0.29, 0.717) is 16.7 Å². The molecule has 0 atom stereocenters. The number of benzene rings is 1. The van der Waals surface area contributed by atoms with E-state index in [4.69, 9.17) is 14.9 Å². The minimum Gasteiger partial charge on any atom is -0.493 e. The number of methoxy groups -OCH3 is 2. The average molecular weight is 427 g/mol. The molecule has 1 amide bonds. The number of hydrogen-bond acceptors (Lipinski definition) is 6. The lowest BCUT2D eigenvalue weighted by molar-refractivity contribution is -0.114. The van der Waals surface area contributed by atoms with Crippen LogP contribution in [0.3, 0.4) is 0 Å². The molecule has 1 N–H and O–H groups in total. The first-order valence-corrected chi connectivity index (χ1v) is 11.1. The van der Waals surface area contributed by atoms with Gasteiger partial charge in [-0.15, -0.1) is 0 Å². The summed E-state index contributed by atoms with van der Waals surface area (Å²) in [5.74, 6) is 1.57. The zero-order valence-electron chi connectivity index (χ0n) is 17.3. The summed E-state index contributed by atoms with van der Waals surface area (Å²) in [5, 5.41) is 16.0. The minimum absolute atomic E-state index is 0.0555. The van der Waals surface area contributed by atoms with E-state index < -0.39 is 5.91 Å². The summed E-state index contributed by atoms with van der Waals surface area (Å²) in [6, 6.07) is 5.35. The van der Waals surface area contributed by atoms with Gasteiger partial charge in [-0.2, -0.15) is 15.1 Å². The number of amides is 1. The van der Waals surface area contributed by atoms with E-state index in [1.54, 1.807) is 32.4 Å². The van der Waals surface area contributed by atoms with Gasteiger partial charge in [-0.25, -0.2) is 0 Å². The number of thioether (sulfide) groups is 1. The van der Waals surface area contributed by atoms with Crippen LogP contribution < -0.4 is 9.47 Å². The molecular weight excluding hydrogens is 400 g/mol. The number of hydrazone groups is 1. The van der Waals surface area contributed by atoms with Gasteiger partial charge in [0.15, 0.2) is 17.3 Å². The molecule has 2 heterocycles. The fourth-order valence-electron chi connectivity index (χ4n) is 4.05. The largest absolute Gasteiger partial charge is 0.493 e. The molecule has 1 aliphatic carbocycles. The second-order valence-corrected chi connectivity index (χ2v) is 8.71. The number of carbonyl (C=O) groups excluding carboxylic acids is 1. The van der Waals surface area contributed by atoms with Crippen LogP contribution in [0.5, 0.6) is 11.5 Å². The summed E-state index contributed by atoms with van der Waals surface area (Å²) in [4.78, 5) is 16.8. The number of rotatable bonds is 6. The SMILES string of the molecule is COc1ccc(/C=C2\C(=N)N3N=C(CCC4CCCCC4)SC3=NC2=O)cc1OC. The first-order valence-electron chi connectivity index (χ1n) is 10.3. The van der Waals surface area contributed by atoms with E-state index in [2.05, 4.69) is 10.1 Å². The van der Waals surface area contributed by atoms with Crippen LogP contribution in [0.2, 0.25) is 0 Å². The highest BCUT2D eigenvalue weighted by Crippen LogP contribution is 2.34. The molecule has 0 unspecified atom stereocenters. The molecule has 158 valence electrons. The van der Waals surface area contributed by atoms with Crippen molar-refractivity contribution >= 4 is 39.8 Å². The Morgan fingerprint density at radius 1 is 1.20 bits per heavy atom. The highest BCUT2D eigenvalue weighted by molar-refractivity contribution is 8.26. The van der Waals surface area contributed by atoms with Gasteiger partial charge < -0.3 is 9.47 Å². The van der Waals surface area contributed by atoms with Crippen molar-refractivity contribution in [2.45, 2.75) is 44.9 Å². The molecular formula is C22H26N4O3S. The van der Waals surface area contributed by atoms with Crippen LogP contribution in [0.1, 0.15) is 50.5 Å². The fourth-order valence-corrected chi connectivity index (χ4v) is 4.95. The Kier molecular flexibility index (Phi) is 6.22. The molecule has 3 aliphatic rings. The van der Waals surface area contributed by atoms with E-state index in [1.165, 1.54) is 48.9 Å². The van der Waals surface area contributed by atoms with Crippen molar-refractivity contribution in [2.24, 2.45) is 16.0 Å². The first-order chi connectivity index (χ1) is 14.6. The Balaban J connectivity index is 1.50. The summed E-state index contributed by atoms with van der Waals surface area (Å²) in [6.45, 7) is 0. The molecule has 7 nitrogen and oxygen atoms in total. The van der Waals surface area contributed by atoms with Crippen molar-refractivity contribution in [3.63, 3.8) is 0 Å². The highest BCUT2D eigenvalue weighted by atomic mass is 32.2. The molecule has 0 saturated heterocycles. The predicted octanol–water partition coefficient (Wildman–Crippen LogP) is 4.68. The van der Waals surface area contributed by atoms with Gasteiger partial charge in [0.2, 0.25) is 5.17 Å². The number of ether oxygens (including phenoxy) is 2. The van der Waals surface area contributed by atoms with E-state index >= 15 is 0 Å². The Morgan fingerprint density at radius 2 is 1.97 bits per heavy atom. The molecule has 1 fully saturated rings. The van der Waals surface area contributed by atoms with Gasteiger partial charge in [0.25, 0.3) is 5.91 Å². The maximum Gasteiger partial charge on any atom is 0.283 e. The molecule has 8 heteroatoms. The lowest BCUT2D eigenvalue weighted by Crippen LogP contribution is -2.35. The van der Waals surface area contributed by atoms with Crippen LogP contribution in [0.15, 0.2) is 33.9 Å². The molecule has 1 aromatic rings. The third-order valence-electron chi connectivity index (χ3n) is 5.71. The van der Waals surface area contributed by atoms with E-state index in [0.717, 1.165) is 29.4 Å². The van der Waals surface area contributed by atoms with Crippen molar-refractivity contribution in [3.8, 4) is 11.5 Å². The Morgan fingerprint density at radius 3 is 2.70 bits per heavy atom. The highest BCUT2D eigenvalue weighted by Gasteiger charge is 2.35. The molecule has 30 heavy (non-hydrogen) atoms. The third kappa shape index (κ3) is 4.28. The Labute approximate surface area is 180 Å². The molecule has 2 aliphatic heterocycles. The lowest BCUT2D eigenvalue weighted by atomic mass is 9.86. The van der Waals surface area contributed by atoms with Gasteiger partial charge >= 0.3 is 0 Å². The van der Waals surface area contributed by atoms with E-state index in [-0.39, 0.29) is 11.4 Å². The van der Waals surface area contributed by atoms with Crippen LogP contribution in [-0.4, -0.2) is 41.2 Å². The Bertz CT molecular complexity index is 948. The minimum atomic E-state index is -0.419. The standard InChI is InChI=1S/C22H26N4O3S/c1-28-17-10-8-15(13-18(17)29-2)12-16-20(23)26-22(24-21(16)27)30-19(25-26)11-9-14-6-4-3-5-7-14/h8,10,12-14,23H,3-7,9,11H2,1-2H3/b16-12+,23-20?. The normalized spacial score (nSPS) is 20.9. The Hall–Kier alpha value is -2.61. The van der Waals surface area contributed by atoms with Crippen LogP contribution in [0.25, 0.3) is 6.08 Å². The number of fused-ring (bicyclic) bond motifs is 1. The number of nitrogens with one attached hydrogen (secondary N) is 1. The van der Waals surface area contributed by atoms with Crippen LogP contribution in [-0.2, 0) is 4.79 Å². The van der Waals surface area contributed by atoms with E-state index in [9.17, 15) is 4.79 Å². The first kappa shape index (κ1) is 20.7. The molecule has 0 aromatic heterocycles. The number of nitrogens with zero attached hydrogens (tertiary/aromatic N) is 3. The number of hydrogen-bond donors (Lipinski definition) is 1. The van der Waals surface area contributed by atoms with Crippen LogP contribution in [0.4, 0.5) is 0 Å². The van der Waals surface area contributed by atoms with Gasteiger partial charge in [0, 0.05) is 0 Å². The van der Waals surface area contributed by atoms with Crippen LogP contribution >= 0.6 is 11.8 Å². The second kappa shape index (κ2) is 9.04. The molecule has 1 saturated carbocycles. The van der Waals surface area contributed by atoms with E-state index in [1.807, 2.05) is 6.07 Å². The number of aliphatic imine (C=N–C) groups is 1. The van der Waals surface area contributed by atoms with Gasteiger partial charge in [-0.1, -0.05) is 38.2 Å². The van der Waals surface area contributed by atoms with Gasteiger partial charge in [0.05, 0.1) is 19.8 Å². The van der Waals surface area contributed by atoms with Crippen molar-refractivity contribution in [1.82, 2.24) is 5.01 Å². The quantitative estimate of drug-likeness (QED) is 0.667. The van der Waals surface area contributed by atoms with Gasteiger partial charge in [-0.05, 0) is 54.3 Å². The number of carbonyl (C=O) groups is 1. The summed E-state index contributed by atoms with van der Waals surface area (Å²) in [5.41, 5.74) is 0.941. The molecule has 0 spiro atoms. The van der Waals surface area contributed by atoms with Gasteiger partial charge in [0.1, 0.15) is 5.04 Å². The van der Waals surface area contributed by atoms with Crippen molar-refractivity contribution in [1.29, 1.82) is 5.41 Å². The second-order valence-electron chi connectivity index (χ2n) is 7.67.